The Bertz CT molecular complexity index is 906. The van der Waals surface area contributed by atoms with E-state index in [-0.39, 0.29) is 0 Å². The van der Waals surface area contributed by atoms with E-state index in [1.54, 1.807) is 0 Å². The summed E-state index contributed by atoms with van der Waals surface area (Å²) in [4.78, 5) is 24.9. The van der Waals surface area contributed by atoms with Gasteiger partial charge in [0.1, 0.15) is 0 Å². The van der Waals surface area contributed by atoms with Crippen molar-refractivity contribution in [1.82, 2.24) is 5.73 Å². The quantitative estimate of drug-likeness (QED) is 0.0940. The van der Waals surface area contributed by atoms with Crippen molar-refractivity contribution >= 4 is 12.2 Å². The lowest BCUT2D eigenvalue weighted by Crippen LogP contribution is -2.28. The minimum Gasteiger partial charge on any atom is -0.490 e. The minimum atomic E-state index is -1.26. The lowest BCUT2D eigenvalue weighted by molar-refractivity contribution is -0.122. The molecule has 6 heteroatoms. The highest BCUT2D eigenvalue weighted by Gasteiger charge is 2.76. The molecule has 1 fully saturated rings. The maximum Gasteiger partial charge on any atom is 0.250 e. The van der Waals surface area contributed by atoms with Gasteiger partial charge in [-0.1, -0.05) is 131 Å². The number of ether oxygens (including phenoxy) is 3. The van der Waals surface area contributed by atoms with Crippen LogP contribution in [-0.4, -0.2) is 32.0 Å². The molecule has 0 heterocycles. The second kappa shape index (κ2) is 19.9. The zero-order valence-electron chi connectivity index (χ0n) is 28.1. The molecule has 1 amide bonds. The van der Waals surface area contributed by atoms with Crippen molar-refractivity contribution in [3.8, 4) is 17.2 Å². The Morgan fingerprint density at radius 3 is 1.40 bits per heavy atom. The molecule has 6 nitrogen and oxygen atoms in total. The smallest absolute Gasteiger partial charge is 0.250 e. The zero-order chi connectivity index (χ0) is 31.6. The molecule has 1 N–H and O–H groups in total. The topological polar surface area (TPSA) is 85.6 Å². The lowest BCUT2D eigenvalue weighted by atomic mass is 9.86. The molecule has 2 radical (unpaired) electrons. The van der Waals surface area contributed by atoms with Crippen LogP contribution in [-0.2, 0) is 15.0 Å². The molecule has 0 aliphatic heterocycles. The monoisotopic (exact) mass is 599 g/mol. The standard InChI is InChI=1S/C37H61NO5/c1-6-9-12-15-18-21-24-41-31-27-30(37(35(38)40)33(29-39)36(37,4)5)28-32(42-25-22-19-16-13-10-7-2)34(31)43-26-23-20-17-14-11-8-3/h27-28,33,38H,6-26H2,1-5H3. The van der Waals surface area contributed by atoms with Crippen LogP contribution in [0.5, 0.6) is 17.2 Å². The molecule has 1 aliphatic carbocycles. The molecule has 0 bridgehead atoms. The van der Waals surface area contributed by atoms with Gasteiger partial charge < -0.3 is 14.2 Å². The number of carbonyl (C=O) groups excluding carboxylic acids is 2. The van der Waals surface area contributed by atoms with Gasteiger partial charge in [0.25, 0.3) is 0 Å². The van der Waals surface area contributed by atoms with E-state index in [0.717, 1.165) is 38.5 Å². The van der Waals surface area contributed by atoms with Crippen molar-refractivity contribution in [2.24, 2.45) is 11.3 Å². The minimum absolute atomic E-state index is 0.536. The van der Waals surface area contributed by atoms with E-state index in [1.165, 1.54) is 77.0 Å². The first-order chi connectivity index (χ1) is 20.8. The SMILES string of the molecule is CCCCCCCCOc1cc(C2(C([NH])=O)C([C]=O)C2(C)C)cc(OCCCCCCCC)c1OCCCCCCCC. The number of unbranched alkanes of at least 4 members (excludes halogenated alkanes) is 15. The molecule has 2 unspecified atom stereocenters. The Kier molecular flexibility index (Phi) is 17.1. The van der Waals surface area contributed by atoms with E-state index in [2.05, 4.69) is 27.1 Å². The number of hydrogen-bond donors (Lipinski definition) is 0. The molecule has 0 aromatic heterocycles. The van der Waals surface area contributed by atoms with Crippen molar-refractivity contribution in [3.05, 3.63) is 17.7 Å². The molecule has 1 aromatic carbocycles. The highest BCUT2D eigenvalue weighted by molar-refractivity contribution is 5.97. The first-order valence-electron chi connectivity index (χ1n) is 17.5. The summed E-state index contributed by atoms with van der Waals surface area (Å²) in [6.07, 6.45) is 22.9. The van der Waals surface area contributed by atoms with Gasteiger partial charge in [0.05, 0.1) is 31.2 Å². The molecule has 2 atom stereocenters. The van der Waals surface area contributed by atoms with E-state index in [1.807, 2.05) is 26.0 Å². The Hall–Kier alpha value is -2.24. The van der Waals surface area contributed by atoms with E-state index in [0.29, 0.717) is 42.6 Å². The van der Waals surface area contributed by atoms with Crippen LogP contribution in [0.25, 0.3) is 0 Å². The fraction of sp³-hybridized carbons (Fsp3) is 0.784. The number of carbonyl (C=O) groups is 1. The Morgan fingerprint density at radius 1 is 0.674 bits per heavy atom. The van der Waals surface area contributed by atoms with Crippen molar-refractivity contribution in [2.75, 3.05) is 19.8 Å². The van der Waals surface area contributed by atoms with Gasteiger partial charge in [-0.15, -0.1) is 0 Å². The third kappa shape index (κ3) is 10.4. The van der Waals surface area contributed by atoms with E-state index in [9.17, 15) is 9.59 Å². The Balaban J connectivity index is 2.31. The number of benzene rings is 1. The maximum atomic E-state index is 12.9. The summed E-state index contributed by atoms with van der Waals surface area (Å²) in [5, 5.41) is 0. The first-order valence-corrected chi connectivity index (χ1v) is 17.5. The molecule has 2 rings (SSSR count). The van der Waals surface area contributed by atoms with Crippen LogP contribution >= 0.6 is 0 Å². The molecule has 1 saturated carbocycles. The normalized spacial score (nSPS) is 18.8. The molecule has 0 saturated heterocycles. The van der Waals surface area contributed by atoms with Crippen LogP contribution in [0, 0.1) is 11.3 Å². The van der Waals surface area contributed by atoms with Crippen molar-refractivity contribution in [3.63, 3.8) is 0 Å². The fourth-order valence-electron chi connectivity index (χ4n) is 6.44. The second-order valence-corrected chi connectivity index (χ2v) is 13.1. The second-order valence-electron chi connectivity index (χ2n) is 13.1. The number of rotatable bonds is 27. The fourth-order valence-corrected chi connectivity index (χ4v) is 6.44. The number of hydrogen-bond acceptors (Lipinski definition) is 5. The van der Waals surface area contributed by atoms with Crippen molar-refractivity contribution < 1.29 is 23.8 Å². The predicted octanol–water partition coefficient (Wildman–Crippen LogP) is 9.72. The molecule has 244 valence electrons. The van der Waals surface area contributed by atoms with Crippen LogP contribution in [0.15, 0.2) is 12.1 Å². The summed E-state index contributed by atoms with van der Waals surface area (Å²) < 4.78 is 19.1. The summed E-state index contributed by atoms with van der Waals surface area (Å²) in [5.74, 6) is 0.214. The summed E-state index contributed by atoms with van der Waals surface area (Å²) in [7, 11) is 0. The van der Waals surface area contributed by atoms with Crippen LogP contribution in [0.2, 0.25) is 0 Å². The van der Waals surface area contributed by atoms with Crippen LogP contribution in [0.3, 0.4) is 0 Å². The lowest BCUT2D eigenvalue weighted by Gasteiger charge is -2.23. The summed E-state index contributed by atoms with van der Waals surface area (Å²) in [6, 6.07) is 3.66. The molecular weight excluding hydrogens is 538 g/mol. The Labute approximate surface area is 263 Å². The van der Waals surface area contributed by atoms with Gasteiger partial charge in [0.2, 0.25) is 17.9 Å². The van der Waals surface area contributed by atoms with E-state index >= 15 is 0 Å². The molecule has 1 aliphatic rings. The molecule has 0 spiro atoms. The average Bonchev–Trinajstić information content (AvgIpc) is 3.51. The highest BCUT2D eigenvalue weighted by atomic mass is 16.5. The van der Waals surface area contributed by atoms with Gasteiger partial charge in [-0.05, 0) is 42.4 Å². The van der Waals surface area contributed by atoms with Crippen molar-refractivity contribution in [1.29, 1.82) is 0 Å². The molecule has 1 aromatic rings. The third-order valence-corrected chi connectivity index (χ3v) is 9.30. The van der Waals surface area contributed by atoms with E-state index in [4.69, 9.17) is 19.9 Å². The zero-order valence-corrected chi connectivity index (χ0v) is 28.1. The Morgan fingerprint density at radius 2 is 1.05 bits per heavy atom. The third-order valence-electron chi connectivity index (χ3n) is 9.30. The van der Waals surface area contributed by atoms with Crippen LogP contribution in [0.1, 0.15) is 156 Å². The van der Waals surface area contributed by atoms with Gasteiger partial charge in [0, 0.05) is 0 Å². The van der Waals surface area contributed by atoms with Gasteiger partial charge in [-0.25, -0.2) is 0 Å². The van der Waals surface area contributed by atoms with Crippen LogP contribution in [0.4, 0.5) is 0 Å². The highest BCUT2D eigenvalue weighted by Crippen LogP contribution is 2.69. The maximum absolute atomic E-state index is 12.9. The first kappa shape index (κ1) is 36.9. The average molecular weight is 600 g/mol. The summed E-state index contributed by atoms with van der Waals surface area (Å²) >= 11 is 0. The van der Waals surface area contributed by atoms with Gasteiger partial charge >= 0.3 is 0 Å². The summed E-state index contributed by atoms with van der Waals surface area (Å²) in [5.41, 5.74) is 6.86. The van der Waals surface area contributed by atoms with Gasteiger partial charge in [-0.2, -0.15) is 0 Å². The largest absolute Gasteiger partial charge is 0.490 e. The van der Waals surface area contributed by atoms with Gasteiger partial charge in [-0.3, -0.25) is 15.3 Å². The summed E-state index contributed by atoms with van der Waals surface area (Å²) in [6.45, 7) is 12.0. The van der Waals surface area contributed by atoms with E-state index < -0.39 is 22.7 Å². The molecule has 43 heavy (non-hydrogen) atoms. The van der Waals surface area contributed by atoms with Crippen molar-refractivity contribution in [2.45, 2.75) is 156 Å². The number of amides is 1. The predicted molar refractivity (Wildman–Crippen MR) is 176 cm³/mol. The number of nitrogens with one attached hydrogen (secondary N) is 1. The van der Waals surface area contributed by atoms with Gasteiger partial charge in [0.15, 0.2) is 11.5 Å². The molecular formula is C37H61NO5. The van der Waals surface area contributed by atoms with Crippen LogP contribution < -0.4 is 19.9 Å².